The fraction of sp³-hybridized carbons (Fsp3) is 0.950. The summed E-state index contributed by atoms with van der Waals surface area (Å²) in [6.07, 6.45) is 5.75. The van der Waals surface area contributed by atoms with Crippen molar-refractivity contribution < 1.29 is 14.0 Å². The molecule has 4 nitrogen and oxygen atoms in total. The molecule has 1 saturated carbocycles. The van der Waals surface area contributed by atoms with E-state index in [4.69, 9.17) is 9.16 Å². The minimum atomic E-state index is -1.82. The van der Waals surface area contributed by atoms with Crippen LogP contribution in [0.1, 0.15) is 73.6 Å². The van der Waals surface area contributed by atoms with Gasteiger partial charge in [-0.2, -0.15) is 0 Å². The number of halogens is 1. The number of hydrogen-bond acceptors (Lipinski definition) is 3. The summed E-state index contributed by atoms with van der Waals surface area (Å²) >= 11 is 3.83. The van der Waals surface area contributed by atoms with Crippen LogP contribution in [0.2, 0.25) is 18.1 Å². The van der Waals surface area contributed by atoms with Crippen molar-refractivity contribution in [1.82, 2.24) is 5.32 Å². The highest BCUT2D eigenvalue weighted by Crippen LogP contribution is 2.37. The molecule has 154 valence electrons. The van der Waals surface area contributed by atoms with Crippen LogP contribution in [-0.2, 0) is 9.16 Å². The van der Waals surface area contributed by atoms with Gasteiger partial charge < -0.3 is 14.5 Å². The zero-order chi connectivity index (χ0) is 20.2. The van der Waals surface area contributed by atoms with E-state index in [1.54, 1.807) is 0 Å². The summed E-state index contributed by atoms with van der Waals surface area (Å²) in [5.41, 5.74) is -0.485. The summed E-state index contributed by atoms with van der Waals surface area (Å²) in [4.78, 5) is 12.5. The Morgan fingerprint density at radius 1 is 1.12 bits per heavy atom. The Labute approximate surface area is 170 Å². The Kier molecular flexibility index (Phi) is 8.68. The summed E-state index contributed by atoms with van der Waals surface area (Å²) in [5.74, 6) is 0.476. The van der Waals surface area contributed by atoms with Gasteiger partial charge in [-0.15, -0.1) is 0 Å². The lowest BCUT2D eigenvalue weighted by Crippen LogP contribution is -2.51. The van der Waals surface area contributed by atoms with Crippen molar-refractivity contribution in [2.24, 2.45) is 5.92 Å². The number of amides is 1. The van der Waals surface area contributed by atoms with Gasteiger partial charge in [0.1, 0.15) is 5.60 Å². The van der Waals surface area contributed by atoms with E-state index < -0.39 is 13.9 Å². The van der Waals surface area contributed by atoms with Crippen LogP contribution >= 0.6 is 15.9 Å². The van der Waals surface area contributed by atoms with Gasteiger partial charge in [0.05, 0.1) is 4.83 Å². The lowest BCUT2D eigenvalue weighted by atomic mass is 9.83. The minimum Gasteiger partial charge on any atom is -0.444 e. The van der Waals surface area contributed by atoms with Gasteiger partial charge in [0.15, 0.2) is 8.32 Å². The van der Waals surface area contributed by atoms with Crippen molar-refractivity contribution in [3.05, 3.63) is 0 Å². The first-order chi connectivity index (χ1) is 11.7. The van der Waals surface area contributed by atoms with Crippen LogP contribution < -0.4 is 5.32 Å². The third-order valence-corrected chi connectivity index (χ3v) is 11.0. The highest BCUT2D eigenvalue weighted by molar-refractivity contribution is 9.09. The van der Waals surface area contributed by atoms with E-state index in [1.165, 1.54) is 19.3 Å². The summed E-state index contributed by atoms with van der Waals surface area (Å²) in [6.45, 7) is 17.6. The van der Waals surface area contributed by atoms with Crippen LogP contribution in [0.15, 0.2) is 0 Å². The zero-order valence-corrected chi connectivity index (χ0v) is 20.7. The fourth-order valence-electron chi connectivity index (χ4n) is 3.05. The largest absolute Gasteiger partial charge is 0.444 e. The minimum absolute atomic E-state index is 0.0370. The van der Waals surface area contributed by atoms with Crippen LogP contribution in [0.25, 0.3) is 0 Å². The highest BCUT2D eigenvalue weighted by atomic mass is 79.9. The number of hydrogen-bond donors (Lipinski definition) is 1. The molecule has 0 spiro atoms. The molecule has 0 heterocycles. The Morgan fingerprint density at radius 3 is 2.12 bits per heavy atom. The van der Waals surface area contributed by atoms with Gasteiger partial charge in [-0.1, -0.05) is 56.0 Å². The van der Waals surface area contributed by atoms with E-state index in [9.17, 15) is 4.79 Å². The highest BCUT2D eigenvalue weighted by Gasteiger charge is 2.39. The third kappa shape index (κ3) is 7.89. The second-order valence-corrected chi connectivity index (χ2v) is 16.1. The predicted octanol–water partition coefficient (Wildman–Crippen LogP) is 6.25. The topological polar surface area (TPSA) is 47.6 Å². The average molecular weight is 451 g/mol. The van der Waals surface area contributed by atoms with Crippen molar-refractivity contribution in [1.29, 1.82) is 0 Å². The normalized spacial score (nSPS) is 19.7. The summed E-state index contributed by atoms with van der Waals surface area (Å²) < 4.78 is 11.9. The lowest BCUT2D eigenvalue weighted by molar-refractivity contribution is 0.0470. The number of rotatable bonds is 6. The summed E-state index contributed by atoms with van der Waals surface area (Å²) in [7, 11) is -1.82. The quantitative estimate of drug-likeness (QED) is 0.385. The molecule has 1 aliphatic carbocycles. The van der Waals surface area contributed by atoms with Gasteiger partial charge in [-0.25, -0.2) is 4.79 Å². The molecule has 1 fully saturated rings. The van der Waals surface area contributed by atoms with E-state index in [-0.39, 0.29) is 22.0 Å². The van der Waals surface area contributed by atoms with Gasteiger partial charge in [0.2, 0.25) is 0 Å². The van der Waals surface area contributed by atoms with Crippen LogP contribution in [0, 0.1) is 5.92 Å². The molecule has 1 rings (SSSR count). The zero-order valence-electron chi connectivity index (χ0n) is 18.1. The molecule has 2 atom stereocenters. The maximum atomic E-state index is 12.4. The SMILES string of the molecule is CC(C)(C)OC(=O)N[C@@H](C1CCCCC1)[C@H](Br)CO[Si](C)(C)C(C)(C)C. The van der Waals surface area contributed by atoms with Gasteiger partial charge >= 0.3 is 6.09 Å². The molecule has 0 aromatic heterocycles. The lowest BCUT2D eigenvalue weighted by Gasteiger charge is -2.39. The van der Waals surface area contributed by atoms with Crippen molar-refractivity contribution in [2.45, 2.75) is 108 Å². The standard InChI is InChI=1S/C20H40BrNO3Si/c1-19(2,3)25-18(23)22-17(15-12-10-9-11-13-15)16(21)14-24-26(7,8)20(4,5)6/h15-17H,9-14H2,1-8H3,(H,22,23)/t16-,17+/m1/s1. The number of carbonyl (C=O) groups is 1. The summed E-state index contributed by atoms with van der Waals surface area (Å²) in [5, 5.41) is 3.32. The third-order valence-electron chi connectivity index (χ3n) is 5.64. The molecule has 0 aromatic carbocycles. The monoisotopic (exact) mass is 449 g/mol. The van der Waals surface area contributed by atoms with Crippen LogP contribution in [-0.4, -0.2) is 37.5 Å². The number of alkyl carbamates (subject to hydrolysis) is 1. The molecule has 1 N–H and O–H groups in total. The molecule has 0 unspecified atom stereocenters. The molecule has 0 saturated heterocycles. The maximum absolute atomic E-state index is 12.4. The van der Waals surface area contributed by atoms with Crippen molar-refractivity contribution >= 4 is 30.3 Å². The van der Waals surface area contributed by atoms with Crippen LogP contribution in [0.3, 0.4) is 0 Å². The van der Waals surface area contributed by atoms with E-state index in [1.807, 2.05) is 20.8 Å². The van der Waals surface area contributed by atoms with Crippen LogP contribution in [0.4, 0.5) is 4.79 Å². The first kappa shape index (κ1) is 24.0. The molecule has 0 aliphatic heterocycles. The fourth-order valence-corrected chi connectivity index (χ4v) is 5.02. The summed E-state index contributed by atoms with van der Waals surface area (Å²) in [6, 6.07) is 0.0370. The molecule has 1 amide bonds. The molecule has 0 radical (unpaired) electrons. The van der Waals surface area contributed by atoms with Crippen LogP contribution in [0.5, 0.6) is 0 Å². The van der Waals surface area contributed by atoms with E-state index >= 15 is 0 Å². The first-order valence-electron chi connectivity index (χ1n) is 10.0. The molecule has 6 heteroatoms. The number of carbonyl (C=O) groups excluding carboxylic acids is 1. The molecular weight excluding hydrogens is 410 g/mol. The average Bonchev–Trinajstić information content (AvgIpc) is 2.48. The molecule has 26 heavy (non-hydrogen) atoms. The first-order valence-corrected chi connectivity index (χ1v) is 13.8. The number of ether oxygens (including phenoxy) is 1. The Balaban J connectivity index is 2.78. The van der Waals surface area contributed by atoms with Crippen molar-refractivity contribution in [3.8, 4) is 0 Å². The molecular formula is C20H40BrNO3Si. The van der Waals surface area contributed by atoms with Crippen molar-refractivity contribution in [3.63, 3.8) is 0 Å². The number of nitrogens with one attached hydrogen (secondary N) is 1. The maximum Gasteiger partial charge on any atom is 0.407 e. The molecule has 0 aromatic rings. The van der Waals surface area contributed by atoms with Gasteiger partial charge in [-0.05, 0) is 57.7 Å². The Bertz CT molecular complexity index is 451. The van der Waals surface area contributed by atoms with E-state index in [2.05, 4.69) is 55.1 Å². The smallest absolute Gasteiger partial charge is 0.407 e. The molecule has 1 aliphatic rings. The predicted molar refractivity (Wildman–Crippen MR) is 116 cm³/mol. The Morgan fingerprint density at radius 2 is 1.65 bits per heavy atom. The van der Waals surface area contributed by atoms with Gasteiger partial charge in [0.25, 0.3) is 0 Å². The Hall–Kier alpha value is -0.0731. The second-order valence-electron chi connectivity index (χ2n) is 10.2. The van der Waals surface area contributed by atoms with Crippen molar-refractivity contribution in [2.75, 3.05) is 6.61 Å². The second kappa shape index (κ2) is 9.42. The van der Waals surface area contributed by atoms with E-state index in [0.717, 1.165) is 12.8 Å². The van der Waals surface area contributed by atoms with Gasteiger partial charge in [-0.3, -0.25) is 0 Å². The van der Waals surface area contributed by atoms with E-state index in [0.29, 0.717) is 12.5 Å². The molecule has 0 bridgehead atoms. The van der Waals surface area contributed by atoms with Gasteiger partial charge in [0, 0.05) is 12.6 Å². The number of alkyl halides is 1.